The molecule has 0 amide bonds. The second-order valence-electron chi connectivity index (χ2n) is 3.73. The van der Waals surface area contributed by atoms with Crippen LogP contribution >= 0.6 is 7.37 Å². The van der Waals surface area contributed by atoms with E-state index in [0.29, 0.717) is 19.4 Å². The van der Waals surface area contributed by atoms with Crippen LogP contribution in [0.2, 0.25) is 0 Å². The molecule has 0 radical (unpaired) electrons. The van der Waals surface area contributed by atoms with Gasteiger partial charge in [0.05, 0.1) is 20.6 Å². The third kappa shape index (κ3) is 10.3. The van der Waals surface area contributed by atoms with E-state index in [0.717, 1.165) is 0 Å². The Morgan fingerprint density at radius 1 is 1.44 bits per heavy atom. The standard InChI is InChI=1S/C10H20O4P.CH4/c1-5-10(11)6-9(7-13-2)8-14-15(3,4)12;/h9H,3,5-8H2,1-2,4H3;1H4/q-1;/t9-,15+;/m0./s1. The lowest BCUT2D eigenvalue weighted by molar-refractivity contribution is -0.120. The van der Waals surface area contributed by atoms with E-state index in [9.17, 15) is 9.36 Å². The van der Waals surface area contributed by atoms with Crippen LogP contribution in [0.3, 0.4) is 0 Å². The van der Waals surface area contributed by atoms with E-state index in [1.165, 1.54) is 6.66 Å². The van der Waals surface area contributed by atoms with E-state index in [-0.39, 0.29) is 25.7 Å². The Balaban J connectivity index is 0. The summed E-state index contributed by atoms with van der Waals surface area (Å²) in [5, 5.41) is 0. The maximum Gasteiger partial charge on any atom is 0.133 e. The number of methoxy groups -OCH3 is 1. The van der Waals surface area contributed by atoms with E-state index in [2.05, 4.69) is 6.66 Å². The summed E-state index contributed by atoms with van der Waals surface area (Å²) >= 11 is 0. The molecule has 0 spiro atoms. The first-order chi connectivity index (χ1) is 6.89. The number of ether oxygens (including phenoxy) is 1. The molecule has 0 aliphatic rings. The summed E-state index contributed by atoms with van der Waals surface area (Å²) in [7, 11) is -1.14. The first kappa shape index (κ1) is 18.2. The number of carbonyl (C=O) groups excluding carboxylic acids is 1. The Bertz CT molecular complexity index is 234. The fourth-order valence-corrected chi connectivity index (χ4v) is 1.66. The number of rotatable bonds is 8. The number of Topliss-reactive ketones (excluding diaryl/α,β-unsaturated/α-hetero) is 1. The van der Waals surface area contributed by atoms with E-state index >= 15 is 0 Å². The largest absolute Gasteiger partial charge is 0.384 e. The summed E-state index contributed by atoms with van der Waals surface area (Å²) in [6, 6.07) is 0. The lowest BCUT2D eigenvalue weighted by Gasteiger charge is -2.20. The molecule has 98 valence electrons. The van der Waals surface area contributed by atoms with Crippen LogP contribution in [-0.4, -0.2) is 32.8 Å². The first-order valence-electron chi connectivity index (χ1n) is 4.96. The van der Waals surface area contributed by atoms with Crippen LogP contribution in [0.25, 0.3) is 0 Å². The van der Waals surface area contributed by atoms with E-state index in [4.69, 9.17) is 9.26 Å². The molecule has 0 heterocycles. The SMILES string of the molecule is C.[CH2-][P@@](C)(=O)OC[C@H](COC)CC(=O)CC. The van der Waals surface area contributed by atoms with Gasteiger partial charge in [0.25, 0.3) is 0 Å². The Labute approximate surface area is 99.2 Å². The van der Waals surface area contributed by atoms with Crippen molar-refractivity contribution in [2.45, 2.75) is 27.2 Å². The highest BCUT2D eigenvalue weighted by Crippen LogP contribution is 2.40. The smallest absolute Gasteiger partial charge is 0.133 e. The lowest BCUT2D eigenvalue weighted by Crippen LogP contribution is -2.18. The van der Waals surface area contributed by atoms with Crippen molar-refractivity contribution in [3.05, 3.63) is 6.66 Å². The number of carbonyl (C=O) groups is 1. The van der Waals surface area contributed by atoms with Crippen LogP contribution in [0.4, 0.5) is 0 Å². The minimum Gasteiger partial charge on any atom is -0.384 e. The summed E-state index contributed by atoms with van der Waals surface area (Å²) in [4.78, 5) is 11.2. The fraction of sp³-hybridized carbons (Fsp3) is 0.818. The molecule has 0 aromatic heterocycles. The van der Waals surface area contributed by atoms with Crippen LogP contribution < -0.4 is 0 Å². The van der Waals surface area contributed by atoms with E-state index < -0.39 is 7.37 Å². The molecule has 0 unspecified atom stereocenters. The molecule has 2 atom stereocenters. The average Bonchev–Trinajstić information content (AvgIpc) is 2.13. The first-order valence-corrected chi connectivity index (χ1v) is 7.21. The highest BCUT2D eigenvalue weighted by atomic mass is 31.2. The van der Waals surface area contributed by atoms with Crippen LogP contribution in [0.15, 0.2) is 0 Å². The third-order valence-electron chi connectivity index (χ3n) is 1.90. The van der Waals surface area contributed by atoms with Gasteiger partial charge < -0.3 is 13.8 Å². The molecule has 0 aliphatic heterocycles. The third-order valence-corrected chi connectivity index (χ3v) is 2.59. The Hall–Kier alpha value is -0.180. The normalized spacial score (nSPS) is 16.0. The molecule has 16 heavy (non-hydrogen) atoms. The zero-order valence-electron chi connectivity index (χ0n) is 9.69. The maximum absolute atomic E-state index is 11.2. The maximum atomic E-state index is 11.2. The van der Waals surface area contributed by atoms with Crippen molar-refractivity contribution in [3.63, 3.8) is 0 Å². The summed E-state index contributed by atoms with van der Waals surface area (Å²) in [6.07, 6.45) is 0.915. The summed E-state index contributed by atoms with van der Waals surface area (Å²) in [5.41, 5.74) is 0. The van der Waals surface area contributed by atoms with E-state index in [1.54, 1.807) is 7.11 Å². The van der Waals surface area contributed by atoms with Crippen LogP contribution in [0.1, 0.15) is 27.2 Å². The van der Waals surface area contributed by atoms with Crippen molar-refractivity contribution < 1.29 is 18.6 Å². The van der Waals surface area contributed by atoms with Crippen molar-refractivity contribution in [1.29, 1.82) is 0 Å². The van der Waals surface area contributed by atoms with Crippen molar-refractivity contribution in [1.82, 2.24) is 0 Å². The van der Waals surface area contributed by atoms with Gasteiger partial charge in [0.2, 0.25) is 0 Å². The summed E-state index contributed by atoms with van der Waals surface area (Å²) in [6.45, 7) is 7.38. The molecule has 0 aromatic carbocycles. The Morgan fingerprint density at radius 3 is 2.38 bits per heavy atom. The van der Waals surface area contributed by atoms with Crippen LogP contribution in [0, 0.1) is 12.6 Å². The molecule has 0 saturated carbocycles. The topological polar surface area (TPSA) is 52.6 Å². The Morgan fingerprint density at radius 2 is 2.00 bits per heavy atom. The fourth-order valence-electron chi connectivity index (χ4n) is 1.13. The van der Waals surface area contributed by atoms with Crippen LogP contribution in [-0.2, 0) is 18.6 Å². The van der Waals surface area contributed by atoms with Gasteiger partial charge in [0.15, 0.2) is 0 Å². The predicted octanol–water partition coefficient (Wildman–Crippen LogP) is 2.97. The van der Waals surface area contributed by atoms with Crippen molar-refractivity contribution >= 4 is 13.2 Å². The van der Waals surface area contributed by atoms with Gasteiger partial charge in [0.1, 0.15) is 5.78 Å². The molecular weight excluding hydrogens is 227 g/mol. The summed E-state index contributed by atoms with van der Waals surface area (Å²) < 4.78 is 21.3. The van der Waals surface area contributed by atoms with Crippen molar-refractivity contribution in [2.24, 2.45) is 5.92 Å². The Kier molecular flexibility index (Phi) is 10.1. The highest BCUT2D eigenvalue weighted by molar-refractivity contribution is 7.59. The number of hydrogen-bond donors (Lipinski definition) is 0. The highest BCUT2D eigenvalue weighted by Gasteiger charge is 2.14. The van der Waals surface area contributed by atoms with Gasteiger partial charge in [-0.15, -0.1) is 0 Å². The van der Waals surface area contributed by atoms with Crippen LogP contribution in [0.5, 0.6) is 0 Å². The molecule has 0 bridgehead atoms. The predicted molar refractivity (Wildman–Crippen MR) is 66.9 cm³/mol. The van der Waals surface area contributed by atoms with Gasteiger partial charge in [0, 0.05) is 25.9 Å². The average molecular weight is 251 g/mol. The molecule has 0 rings (SSSR count). The molecule has 0 saturated heterocycles. The monoisotopic (exact) mass is 251 g/mol. The van der Waals surface area contributed by atoms with Gasteiger partial charge in [-0.1, -0.05) is 14.4 Å². The molecular formula is C11H24O4P-. The summed E-state index contributed by atoms with van der Waals surface area (Å²) in [5.74, 6) is 0.133. The number of hydrogen-bond acceptors (Lipinski definition) is 4. The van der Waals surface area contributed by atoms with Gasteiger partial charge >= 0.3 is 0 Å². The van der Waals surface area contributed by atoms with Gasteiger partial charge in [-0.05, 0) is 6.66 Å². The van der Waals surface area contributed by atoms with Crippen molar-refractivity contribution in [3.8, 4) is 0 Å². The molecule has 0 aromatic rings. The minimum absolute atomic E-state index is 0. The zero-order chi connectivity index (χ0) is 11.9. The molecule has 5 heteroatoms. The molecule has 0 aliphatic carbocycles. The molecule has 0 N–H and O–H groups in total. The van der Waals surface area contributed by atoms with Gasteiger partial charge in [-0.2, -0.15) is 0 Å². The second kappa shape index (κ2) is 8.91. The zero-order valence-corrected chi connectivity index (χ0v) is 10.6. The van der Waals surface area contributed by atoms with Gasteiger partial charge in [-0.3, -0.25) is 11.5 Å². The van der Waals surface area contributed by atoms with E-state index in [1.807, 2.05) is 6.92 Å². The minimum atomic E-state index is -2.71. The quantitative estimate of drug-likeness (QED) is 0.491. The van der Waals surface area contributed by atoms with Crippen molar-refractivity contribution in [2.75, 3.05) is 27.0 Å². The second-order valence-corrected chi connectivity index (χ2v) is 6.01. The molecule has 4 nitrogen and oxygen atoms in total. The number of ketones is 1. The van der Waals surface area contributed by atoms with Gasteiger partial charge in [-0.25, -0.2) is 0 Å². The molecule has 0 fully saturated rings. The lowest BCUT2D eigenvalue weighted by atomic mass is 10.0.